The molecule has 0 aromatic heterocycles. The molecule has 1 aliphatic rings. The van der Waals surface area contributed by atoms with Crippen LogP contribution < -0.4 is 10.1 Å². The van der Waals surface area contributed by atoms with E-state index in [4.69, 9.17) is 27.9 Å². The van der Waals surface area contributed by atoms with Crippen LogP contribution in [-0.2, 0) is 0 Å². The maximum absolute atomic E-state index is 12.5. The van der Waals surface area contributed by atoms with E-state index >= 15 is 0 Å². The molecule has 1 aliphatic heterocycles. The van der Waals surface area contributed by atoms with E-state index in [1.807, 2.05) is 6.92 Å². The number of carbonyl (C=O) groups is 1. The zero-order chi connectivity index (χ0) is 13.8. The fourth-order valence-electron chi connectivity index (χ4n) is 2.29. The van der Waals surface area contributed by atoms with Crippen molar-refractivity contribution in [2.24, 2.45) is 5.92 Å². The Bertz CT molecular complexity index is 471. The van der Waals surface area contributed by atoms with Gasteiger partial charge in [-0.15, -0.1) is 0 Å². The van der Waals surface area contributed by atoms with E-state index in [-0.39, 0.29) is 11.7 Å². The first-order valence-electron chi connectivity index (χ1n) is 6.50. The fourth-order valence-corrected chi connectivity index (χ4v) is 2.61. The number of halogens is 2. The molecular formula is C14H17Cl2NO2. The molecule has 0 radical (unpaired) electrons. The second-order valence-corrected chi connectivity index (χ2v) is 5.42. The molecule has 0 spiro atoms. The standard InChI is InChI=1S/C14H17Cl2NO2/c1-2-19-13-7-12(16)11(15)6-10(13)14(18)9-4-3-5-17-8-9/h6-7,9,17H,2-5,8H2,1H3. The maximum Gasteiger partial charge on any atom is 0.170 e. The molecule has 0 bridgehead atoms. The molecule has 1 atom stereocenters. The van der Waals surface area contributed by atoms with Crippen molar-refractivity contribution in [3.63, 3.8) is 0 Å². The Kier molecular flexibility index (Phi) is 5.08. The van der Waals surface area contributed by atoms with Crippen LogP contribution in [0.15, 0.2) is 12.1 Å². The smallest absolute Gasteiger partial charge is 0.170 e. The Labute approximate surface area is 123 Å². The zero-order valence-electron chi connectivity index (χ0n) is 10.8. The van der Waals surface area contributed by atoms with Gasteiger partial charge in [0.2, 0.25) is 0 Å². The summed E-state index contributed by atoms with van der Waals surface area (Å²) in [5, 5.41) is 4.03. The molecule has 2 rings (SSSR count). The molecule has 1 unspecified atom stereocenters. The predicted molar refractivity (Wildman–Crippen MR) is 77.6 cm³/mol. The van der Waals surface area contributed by atoms with E-state index in [0.29, 0.717) is 34.5 Å². The summed E-state index contributed by atoms with van der Waals surface area (Å²) < 4.78 is 5.50. The van der Waals surface area contributed by atoms with Crippen molar-refractivity contribution in [1.29, 1.82) is 0 Å². The Hall–Kier alpha value is -0.770. The number of hydrogen-bond acceptors (Lipinski definition) is 3. The predicted octanol–water partition coefficient (Wildman–Crippen LogP) is 3.57. The van der Waals surface area contributed by atoms with Crippen LogP contribution in [0.5, 0.6) is 5.75 Å². The zero-order valence-corrected chi connectivity index (χ0v) is 12.4. The summed E-state index contributed by atoms with van der Waals surface area (Å²) in [4.78, 5) is 12.5. The van der Waals surface area contributed by atoms with Crippen LogP contribution in [0.1, 0.15) is 30.1 Å². The third-order valence-electron chi connectivity index (χ3n) is 3.26. The minimum atomic E-state index is -0.00908. The quantitative estimate of drug-likeness (QED) is 0.864. The van der Waals surface area contributed by atoms with Crippen molar-refractivity contribution in [1.82, 2.24) is 5.32 Å². The second kappa shape index (κ2) is 6.60. The summed E-state index contributed by atoms with van der Waals surface area (Å²) in [6.07, 6.45) is 1.92. The van der Waals surface area contributed by atoms with E-state index in [1.165, 1.54) is 0 Å². The van der Waals surface area contributed by atoms with E-state index in [1.54, 1.807) is 12.1 Å². The molecule has 1 aromatic rings. The summed E-state index contributed by atoms with van der Waals surface area (Å²) in [6.45, 7) is 4.05. The van der Waals surface area contributed by atoms with Gasteiger partial charge in [-0.3, -0.25) is 4.79 Å². The van der Waals surface area contributed by atoms with E-state index in [0.717, 1.165) is 19.4 Å². The fraction of sp³-hybridized carbons (Fsp3) is 0.500. The summed E-state index contributed by atoms with van der Waals surface area (Å²) in [7, 11) is 0. The minimum Gasteiger partial charge on any atom is -0.493 e. The van der Waals surface area contributed by atoms with Crippen LogP contribution in [0.25, 0.3) is 0 Å². The van der Waals surface area contributed by atoms with Gasteiger partial charge in [0.05, 0.1) is 22.2 Å². The lowest BCUT2D eigenvalue weighted by molar-refractivity contribution is 0.0896. The Balaban J connectivity index is 2.30. The normalized spacial score (nSPS) is 19.2. The number of nitrogens with one attached hydrogen (secondary N) is 1. The van der Waals surface area contributed by atoms with Gasteiger partial charge >= 0.3 is 0 Å². The third-order valence-corrected chi connectivity index (χ3v) is 3.98. The largest absolute Gasteiger partial charge is 0.493 e. The molecule has 1 N–H and O–H groups in total. The molecule has 1 heterocycles. The molecule has 0 saturated carbocycles. The topological polar surface area (TPSA) is 38.3 Å². The van der Waals surface area contributed by atoms with Crippen LogP contribution in [0.3, 0.4) is 0 Å². The molecule has 0 amide bonds. The molecule has 3 nitrogen and oxygen atoms in total. The molecule has 1 saturated heterocycles. The number of piperidine rings is 1. The highest BCUT2D eigenvalue weighted by Crippen LogP contribution is 2.33. The van der Waals surface area contributed by atoms with Crippen LogP contribution in [-0.4, -0.2) is 25.5 Å². The Morgan fingerprint density at radius 3 is 2.79 bits per heavy atom. The van der Waals surface area contributed by atoms with Crippen LogP contribution >= 0.6 is 23.2 Å². The van der Waals surface area contributed by atoms with Crippen molar-refractivity contribution < 1.29 is 9.53 Å². The monoisotopic (exact) mass is 301 g/mol. The number of ketones is 1. The highest BCUT2D eigenvalue weighted by atomic mass is 35.5. The molecule has 1 fully saturated rings. The van der Waals surface area contributed by atoms with Crippen LogP contribution in [0, 0.1) is 5.92 Å². The summed E-state index contributed by atoms with van der Waals surface area (Å²) >= 11 is 12.0. The van der Waals surface area contributed by atoms with Gasteiger partial charge in [0.25, 0.3) is 0 Å². The van der Waals surface area contributed by atoms with Gasteiger partial charge in [0.15, 0.2) is 5.78 Å². The van der Waals surface area contributed by atoms with Crippen LogP contribution in [0.2, 0.25) is 10.0 Å². The lowest BCUT2D eigenvalue weighted by Gasteiger charge is -2.22. The number of carbonyl (C=O) groups excluding carboxylic acids is 1. The minimum absolute atomic E-state index is 0.00908. The number of Topliss-reactive ketones (excluding diaryl/α,β-unsaturated/α-hetero) is 1. The van der Waals surface area contributed by atoms with Crippen molar-refractivity contribution in [3.05, 3.63) is 27.7 Å². The maximum atomic E-state index is 12.5. The van der Waals surface area contributed by atoms with Gasteiger partial charge in [0.1, 0.15) is 5.75 Å². The second-order valence-electron chi connectivity index (χ2n) is 4.60. The average molecular weight is 302 g/mol. The van der Waals surface area contributed by atoms with Gasteiger partial charge in [-0.1, -0.05) is 23.2 Å². The van der Waals surface area contributed by atoms with Gasteiger partial charge in [0, 0.05) is 18.5 Å². The van der Waals surface area contributed by atoms with Crippen molar-refractivity contribution in [3.8, 4) is 5.75 Å². The Morgan fingerprint density at radius 2 is 2.16 bits per heavy atom. The first-order chi connectivity index (χ1) is 9.13. The summed E-state index contributed by atoms with van der Waals surface area (Å²) in [5.41, 5.74) is 0.532. The highest BCUT2D eigenvalue weighted by Gasteiger charge is 2.25. The van der Waals surface area contributed by atoms with E-state index in [2.05, 4.69) is 5.32 Å². The van der Waals surface area contributed by atoms with E-state index < -0.39 is 0 Å². The van der Waals surface area contributed by atoms with Crippen molar-refractivity contribution in [2.75, 3.05) is 19.7 Å². The number of rotatable bonds is 4. The van der Waals surface area contributed by atoms with Crippen LogP contribution in [0.4, 0.5) is 0 Å². The van der Waals surface area contributed by atoms with Gasteiger partial charge in [-0.05, 0) is 32.4 Å². The molecule has 19 heavy (non-hydrogen) atoms. The molecule has 0 aliphatic carbocycles. The van der Waals surface area contributed by atoms with Crippen molar-refractivity contribution in [2.45, 2.75) is 19.8 Å². The highest BCUT2D eigenvalue weighted by molar-refractivity contribution is 6.42. The van der Waals surface area contributed by atoms with Gasteiger partial charge in [-0.2, -0.15) is 0 Å². The van der Waals surface area contributed by atoms with Gasteiger partial charge < -0.3 is 10.1 Å². The first kappa shape index (κ1) is 14.6. The Morgan fingerprint density at radius 1 is 1.42 bits per heavy atom. The number of ether oxygens (including phenoxy) is 1. The first-order valence-corrected chi connectivity index (χ1v) is 7.25. The average Bonchev–Trinajstić information content (AvgIpc) is 2.43. The number of hydrogen-bond donors (Lipinski definition) is 1. The van der Waals surface area contributed by atoms with E-state index in [9.17, 15) is 4.79 Å². The number of benzene rings is 1. The molecule has 1 aromatic carbocycles. The lowest BCUT2D eigenvalue weighted by Crippen LogP contribution is -2.34. The summed E-state index contributed by atoms with van der Waals surface area (Å²) in [6, 6.07) is 3.24. The van der Waals surface area contributed by atoms with Crippen molar-refractivity contribution >= 4 is 29.0 Å². The summed E-state index contributed by atoms with van der Waals surface area (Å²) in [5.74, 6) is 0.590. The molecule has 104 valence electrons. The molecule has 5 heteroatoms. The third kappa shape index (κ3) is 3.41. The molecular weight excluding hydrogens is 285 g/mol. The van der Waals surface area contributed by atoms with Gasteiger partial charge in [-0.25, -0.2) is 0 Å². The lowest BCUT2D eigenvalue weighted by atomic mass is 9.90. The SMILES string of the molecule is CCOc1cc(Cl)c(Cl)cc1C(=O)C1CCCNC1.